The van der Waals surface area contributed by atoms with E-state index in [0.29, 0.717) is 16.5 Å². The molecule has 0 radical (unpaired) electrons. The van der Waals surface area contributed by atoms with Crippen molar-refractivity contribution in [1.29, 1.82) is 0 Å². The van der Waals surface area contributed by atoms with Crippen LogP contribution >= 0.6 is 11.6 Å². The molecule has 0 aliphatic heterocycles. The van der Waals surface area contributed by atoms with E-state index in [0.717, 1.165) is 17.2 Å². The van der Waals surface area contributed by atoms with Crippen LogP contribution in [0.4, 0.5) is 0 Å². The van der Waals surface area contributed by atoms with E-state index in [1.165, 1.54) is 6.08 Å². The van der Waals surface area contributed by atoms with Crippen LogP contribution in [-0.4, -0.2) is 13.1 Å². The second-order valence-electron chi connectivity index (χ2n) is 4.47. The largest absolute Gasteiger partial charge is 0.545 e. The zero-order valence-corrected chi connectivity index (χ0v) is 12.7. The van der Waals surface area contributed by atoms with Crippen LogP contribution in [0.2, 0.25) is 5.02 Å². The Morgan fingerprint density at radius 1 is 1.23 bits per heavy atom. The maximum atomic E-state index is 10.5. The quantitative estimate of drug-likeness (QED) is 0.769. The summed E-state index contributed by atoms with van der Waals surface area (Å²) in [5.41, 5.74) is 1.53. The van der Waals surface area contributed by atoms with Gasteiger partial charge >= 0.3 is 0 Å². The number of methoxy groups -OCH3 is 1. The third-order valence-corrected chi connectivity index (χ3v) is 3.18. The van der Waals surface area contributed by atoms with Gasteiger partial charge in [-0.15, -0.1) is 0 Å². The molecule has 0 N–H and O–H groups in total. The molecule has 0 bridgehead atoms. The fourth-order valence-electron chi connectivity index (χ4n) is 1.87. The van der Waals surface area contributed by atoms with Crippen LogP contribution in [0.1, 0.15) is 11.1 Å². The van der Waals surface area contributed by atoms with Gasteiger partial charge in [0, 0.05) is 10.6 Å². The topological polar surface area (TPSA) is 58.6 Å². The third-order valence-electron chi connectivity index (χ3n) is 2.92. The Balaban J connectivity index is 2.15. The summed E-state index contributed by atoms with van der Waals surface area (Å²) >= 11 is 5.82. The lowest BCUT2D eigenvalue weighted by Gasteiger charge is -2.11. The number of carbonyl (C=O) groups excluding carboxylic acids is 1. The molecule has 2 aromatic rings. The Morgan fingerprint density at radius 3 is 2.59 bits per heavy atom. The number of benzene rings is 2. The standard InChI is InChI=1S/C17H15ClO4/c1-21-16-8-2-12(3-9-17(19)20)10-13(16)11-22-15-6-4-14(18)5-7-15/h2-10H,11H2,1H3,(H,19,20)/p-1/b9-3+. The number of hydrogen-bond acceptors (Lipinski definition) is 4. The summed E-state index contributed by atoms with van der Waals surface area (Å²) < 4.78 is 11.0. The summed E-state index contributed by atoms with van der Waals surface area (Å²) in [6.07, 6.45) is 2.44. The van der Waals surface area contributed by atoms with Crippen LogP contribution in [0.3, 0.4) is 0 Å². The molecule has 0 aliphatic carbocycles. The van der Waals surface area contributed by atoms with Crippen LogP contribution in [-0.2, 0) is 11.4 Å². The van der Waals surface area contributed by atoms with Crippen LogP contribution < -0.4 is 14.6 Å². The van der Waals surface area contributed by atoms with E-state index in [4.69, 9.17) is 21.1 Å². The van der Waals surface area contributed by atoms with E-state index in [9.17, 15) is 9.90 Å². The van der Waals surface area contributed by atoms with E-state index in [1.807, 2.05) is 0 Å². The van der Waals surface area contributed by atoms with Gasteiger partial charge in [-0.3, -0.25) is 0 Å². The maximum absolute atomic E-state index is 10.5. The fraction of sp³-hybridized carbons (Fsp3) is 0.118. The lowest BCUT2D eigenvalue weighted by Crippen LogP contribution is -2.18. The molecular formula is C17H14ClO4-. The molecule has 0 unspecified atom stereocenters. The SMILES string of the molecule is COc1ccc(/C=C/C(=O)[O-])cc1COc1ccc(Cl)cc1. The van der Waals surface area contributed by atoms with Crippen molar-refractivity contribution in [3.05, 3.63) is 64.7 Å². The number of aliphatic carboxylic acids is 1. The van der Waals surface area contributed by atoms with E-state index in [2.05, 4.69) is 0 Å². The number of carboxylic acids is 1. The van der Waals surface area contributed by atoms with Crippen LogP contribution in [0, 0.1) is 0 Å². The monoisotopic (exact) mass is 317 g/mol. The van der Waals surface area contributed by atoms with Gasteiger partial charge in [-0.05, 0) is 48.0 Å². The van der Waals surface area contributed by atoms with Crippen molar-refractivity contribution in [2.24, 2.45) is 0 Å². The molecule has 0 aliphatic rings. The molecule has 0 amide bonds. The van der Waals surface area contributed by atoms with Gasteiger partial charge < -0.3 is 19.4 Å². The van der Waals surface area contributed by atoms with Crippen LogP contribution in [0.25, 0.3) is 6.08 Å². The Kier molecular flexibility index (Phi) is 5.44. The highest BCUT2D eigenvalue weighted by Crippen LogP contribution is 2.23. The van der Waals surface area contributed by atoms with E-state index in [1.54, 1.807) is 49.6 Å². The molecule has 2 rings (SSSR count). The van der Waals surface area contributed by atoms with Crippen LogP contribution in [0.15, 0.2) is 48.5 Å². The van der Waals surface area contributed by atoms with Gasteiger partial charge in [-0.1, -0.05) is 23.7 Å². The average molecular weight is 318 g/mol. The molecule has 0 saturated heterocycles. The van der Waals surface area contributed by atoms with Gasteiger partial charge in [0.25, 0.3) is 0 Å². The van der Waals surface area contributed by atoms with Gasteiger partial charge in [0.05, 0.1) is 13.1 Å². The minimum atomic E-state index is -1.24. The Labute approximate surface area is 133 Å². The summed E-state index contributed by atoms with van der Waals surface area (Å²) in [6.45, 7) is 0.289. The zero-order chi connectivity index (χ0) is 15.9. The molecule has 0 atom stereocenters. The summed E-state index contributed by atoms with van der Waals surface area (Å²) in [7, 11) is 1.57. The summed E-state index contributed by atoms with van der Waals surface area (Å²) in [5, 5.41) is 11.1. The van der Waals surface area contributed by atoms with E-state index in [-0.39, 0.29) is 6.61 Å². The molecule has 2 aromatic carbocycles. The highest BCUT2D eigenvalue weighted by atomic mass is 35.5. The Morgan fingerprint density at radius 2 is 1.95 bits per heavy atom. The zero-order valence-electron chi connectivity index (χ0n) is 11.9. The molecular weight excluding hydrogens is 304 g/mol. The van der Waals surface area contributed by atoms with Crippen molar-refractivity contribution in [3.63, 3.8) is 0 Å². The first-order valence-corrected chi connectivity index (χ1v) is 6.90. The minimum absolute atomic E-state index is 0.289. The number of carboxylic acid groups (broad SMARTS) is 1. The lowest BCUT2D eigenvalue weighted by molar-refractivity contribution is -0.297. The smallest absolute Gasteiger partial charge is 0.125 e. The maximum Gasteiger partial charge on any atom is 0.125 e. The first-order valence-electron chi connectivity index (χ1n) is 6.53. The van der Waals surface area contributed by atoms with E-state index < -0.39 is 5.97 Å². The second kappa shape index (κ2) is 7.52. The highest BCUT2D eigenvalue weighted by molar-refractivity contribution is 6.30. The molecule has 0 spiro atoms. The number of ether oxygens (including phenoxy) is 2. The minimum Gasteiger partial charge on any atom is -0.545 e. The number of hydrogen-bond donors (Lipinski definition) is 0. The highest BCUT2D eigenvalue weighted by Gasteiger charge is 2.05. The number of rotatable bonds is 6. The van der Waals surface area contributed by atoms with Crippen molar-refractivity contribution in [2.45, 2.75) is 6.61 Å². The van der Waals surface area contributed by atoms with Crippen molar-refractivity contribution in [1.82, 2.24) is 0 Å². The van der Waals surface area contributed by atoms with Gasteiger partial charge in [-0.25, -0.2) is 0 Å². The fourth-order valence-corrected chi connectivity index (χ4v) is 2.00. The summed E-state index contributed by atoms with van der Waals surface area (Å²) in [5.74, 6) is 0.108. The van der Waals surface area contributed by atoms with Gasteiger partial charge in [0.15, 0.2) is 0 Å². The number of carbonyl (C=O) groups is 1. The number of halogens is 1. The predicted octanol–water partition coefficient (Wildman–Crippen LogP) is 2.69. The van der Waals surface area contributed by atoms with Crippen molar-refractivity contribution in [3.8, 4) is 11.5 Å². The second-order valence-corrected chi connectivity index (χ2v) is 4.90. The van der Waals surface area contributed by atoms with Crippen LogP contribution in [0.5, 0.6) is 11.5 Å². The van der Waals surface area contributed by atoms with Crippen molar-refractivity contribution >= 4 is 23.6 Å². The van der Waals surface area contributed by atoms with Gasteiger partial charge in [0.2, 0.25) is 0 Å². The molecule has 0 aromatic heterocycles. The predicted molar refractivity (Wildman–Crippen MR) is 82.8 cm³/mol. The molecule has 0 fully saturated rings. The molecule has 114 valence electrons. The van der Waals surface area contributed by atoms with Crippen molar-refractivity contribution in [2.75, 3.05) is 7.11 Å². The first kappa shape index (κ1) is 15.9. The Bertz CT molecular complexity index is 678. The molecule has 5 heteroatoms. The van der Waals surface area contributed by atoms with Crippen molar-refractivity contribution < 1.29 is 19.4 Å². The summed E-state index contributed by atoms with van der Waals surface area (Å²) in [4.78, 5) is 10.5. The third kappa shape index (κ3) is 4.53. The normalized spacial score (nSPS) is 10.6. The Hall–Kier alpha value is -2.46. The average Bonchev–Trinajstić information content (AvgIpc) is 2.52. The molecule has 0 heterocycles. The molecule has 22 heavy (non-hydrogen) atoms. The molecule has 4 nitrogen and oxygen atoms in total. The van der Waals surface area contributed by atoms with E-state index >= 15 is 0 Å². The molecule has 0 saturated carbocycles. The first-order chi connectivity index (χ1) is 10.6. The van der Waals surface area contributed by atoms with Gasteiger partial charge in [0.1, 0.15) is 18.1 Å². The summed E-state index contributed by atoms with van der Waals surface area (Å²) in [6, 6.07) is 12.3. The van der Waals surface area contributed by atoms with Gasteiger partial charge in [-0.2, -0.15) is 0 Å². The lowest BCUT2D eigenvalue weighted by atomic mass is 10.1.